The van der Waals surface area contributed by atoms with E-state index in [0.29, 0.717) is 61.2 Å². The largest absolute Gasteiger partial charge is 0.493 e. The molecule has 6 rings (SSSR count). The molecule has 1 fully saturated rings. The quantitative estimate of drug-likeness (QED) is 0.407. The molecule has 1 aliphatic rings. The van der Waals surface area contributed by atoms with E-state index in [2.05, 4.69) is 15.0 Å². The van der Waals surface area contributed by atoms with E-state index in [9.17, 15) is 5.11 Å². The van der Waals surface area contributed by atoms with Crippen LogP contribution in [-0.2, 0) is 11.2 Å². The van der Waals surface area contributed by atoms with Crippen LogP contribution < -0.4 is 4.90 Å². The van der Waals surface area contributed by atoms with Crippen LogP contribution in [-0.4, -0.2) is 61.1 Å². The van der Waals surface area contributed by atoms with Gasteiger partial charge in [-0.25, -0.2) is 4.98 Å². The number of fused-ring (bicyclic) bond motifs is 1. The predicted molar refractivity (Wildman–Crippen MR) is 136 cm³/mol. The molecule has 5 aromatic rings. The van der Waals surface area contributed by atoms with Gasteiger partial charge < -0.3 is 14.7 Å². The Morgan fingerprint density at radius 3 is 2.67 bits per heavy atom. The number of aryl methyl sites for hydroxylation is 1. The van der Waals surface area contributed by atoms with E-state index in [0.717, 1.165) is 22.3 Å². The van der Waals surface area contributed by atoms with Gasteiger partial charge in [0.2, 0.25) is 5.88 Å². The maximum absolute atomic E-state index is 10.8. The van der Waals surface area contributed by atoms with Gasteiger partial charge >= 0.3 is 0 Å². The predicted octanol–water partition coefficient (Wildman–Crippen LogP) is 3.71. The first-order chi connectivity index (χ1) is 17.6. The molecule has 0 spiro atoms. The molecule has 1 aliphatic heterocycles. The van der Waals surface area contributed by atoms with Crippen molar-refractivity contribution in [2.75, 3.05) is 31.2 Å². The highest BCUT2D eigenvalue weighted by atomic mass is 16.5. The lowest BCUT2D eigenvalue weighted by atomic mass is 10.1. The molecule has 0 radical (unpaired) electrons. The Morgan fingerprint density at radius 1 is 0.972 bits per heavy atom. The maximum Gasteiger partial charge on any atom is 0.256 e. The van der Waals surface area contributed by atoms with Gasteiger partial charge in [0.15, 0.2) is 5.82 Å². The molecule has 1 aromatic carbocycles. The van der Waals surface area contributed by atoms with Crippen molar-refractivity contribution in [3.8, 4) is 23.1 Å². The molecule has 0 bridgehead atoms. The third-order valence-corrected chi connectivity index (χ3v) is 6.20. The van der Waals surface area contributed by atoms with E-state index >= 15 is 0 Å². The summed E-state index contributed by atoms with van der Waals surface area (Å²) in [5, 5.41) is 15.4. The molecule has 4 aromatic heterocycles. The van der Waals surface area contributed by atoms with Crippen LogP contribution >= 0.6 is 0 Å². The number of benzene rings is 1. The molecule has 9 heteroatoms. The number of hydrogen-bond acceptors (Lipinski definition) is 8. The van der Waals surface area contributed by atoms with Crippen LogP contribution in [0, 0.1) is 6.92 Å². The minimum atomic E-state index is -0.0294. The Bertz CT molecular complexity index is 1530. The summed E-state index contributed by atoms with van der Waals surface area (Å²) >= 11 is 0. The number of pyridine rings is 2. The van der Waals surface area contributed by atoms with E-state index < -0.39 is 0 Å². The lowest BCUT2D eigenvalue weighted by Crippen LogP contribution is -2.37. The highest BCUT2D eigenvalue weighted by molar-refractivity contribution is 5.86. The number of anilines is 1. The van der Waals surface area contributed by atoms with E-state index in [1.807, 2.05) is 61.8 Å². The van der Waals surface area contributed by atoms with Crippen molar-refractivity contribution in [3.63, 3.8) is 0 Å². The number of morpholine rings is 1. The van der Waals surface area contributed by atoms with Crippen LogP contribution in [0.5, 0.6) is 5.88 Å². The van der Waals surface area contributed by atoms with E-state index in [4.69, 9.17) is 19.7 Å². The lowest BCUT2D eigenvalue weighted by Gasteiger charge is -2.28. The van der Waals surface area contributed by atoms with Crippen molar-refractivity contribution < 1.29 is 9.84 Å². The third kappa shape index (κ3) is 4.36. The first kappa shape index (κ1) is 22.1. The average molecular weight is 480 g/mol. The van der Waals surface area contributed by atoms with Crippen LogP contribution in [0.15, 0.2) is 67.1 Å². The first-order valence-corrected chi connectivity index (χ1v) is 11.9. The summed E-state index contributed by atoms with van der Waals surface area (Å²) in [6.45, 7) is 4.65. The summed E-state index contributed by atoms with van der Waals surface area (Å²) < 4.78 is 6.93. The van der Waals surface area contributed by atoms with E-state index in [1.54, 1.807) is 12.3 Å². The molecule has 0 aliphatic carbocycles. The van der Waals surface area contributed by atoms with Crippen molar-refractivity contribution >= 4 is 16.9 Å². The van der Waals surface area contributed by atoms with E-state index in [-0.39, 0.29) is 5.88 Å². The van der Waals surface area contributed by atoms with Crippen molar-refractivity contribution in [3.05, 3.63) is 83.8 Å². The second-order valence-electron chi connectivity index (χ2n) is 8.87. The summed E-state index contributed by atoms with van der Waals surface area (Å²) in [4.78, 5) is 20.7. The molecule has 0 atom stereocenters. The van der Waals surface area contributed by atoms with Crippen LogP contribution in [0.25, 0.3) is 28.2 Å². The molecule has 0 saturated carbocycles. The van der Waals surface area contributed by atoms with Crippen LogP contribution in [0.1, 0.15) is 16.7 Å². The summed E-state index contributed by atoms with van der Waals surface area (Å²) in [5.41, 5.74) is 6.18. The number of ether oxygens (including phenoxy) is 1. The molecule has 180 valence electrons. The number of rotatable bonds is 5. The standard InChI is InChI=1S/C27H25N7O2/c1-18-4-2-6-21(12-18)22-15-24(35)34(32-22)27-30-23-14-20(13-19-5-3-7-28-16-19)17-29-25(23)26(31-27)33-8-10-36-11-9-33/h2-7,12,14-17,35H,8-11,13H2,1H3. The first-order valence-electron chi connectivity index (χ1n) is 11.9. The Morgan fingerprint density at radius 2 is 1.86 bits per heavy atom. The normalized spacial score (nSPS) is 13.9. The fourth-order valence-corrected chi connectivity index (χ4v) is 4.42. The Labute approximate surface area is 208 Å². The second kappa shape index (κ2) is 9.35. The van der Waals surface area contributed by atoms with Gasteiger partial charge in [-0.2, -0.15) is 14.8 Å². The van der Waals surface area contributed by atoms with Gasteiger partial charge in [0.1, 0.15) is 5.52 Å². The van der Waals surface area contributed by atoms with Crippen molar-refractivity contribution in [1.82, 2.24) is 29.7 Å². The number of aromatic hydroxyl groups is 1. The van der Waals surface area contributed by atoms with Gasteiger partial charge in [-0.3, -0.25) is 9.97 Å². The number of nitrogens with zero attached hydrogens (tertiary/aromatic N) is 7. The Balaban J connectivity index is 1.46. The van der Waals surface area contributed by atoms with Gasteiger partial charge in [0, 0.05) is 49.7 Å². The minimum absolute atomic E-state index is 0.0294. The third-order valence-electron chi connectivity index (χ3n) is 6.20. The van der Waals surface area contributed by atoms with E-state index in [1.165, 1.54) is 4.68 Å². The fraction of sp³-hybridized carbons (Fsp3) is 0.222. The molecule has 1 N–H and O–H groups in total. The molecule has 1 saturated heterocycles. The maximum atomic E-state index is 10.8. The molecular weight excluding hydrogens is 454 g/mol. The smallest absolute Gasteiger partial charge is 0.256 e. The van der Waals surface area contributed by atoms with Gasteiger partial charge in [0.05, 0.1) is 24.4 Å². The number of aromatic nitrogens is 6. The lowest BCUT2D eigenvalue weighted by molar-refractivity contribution is 0.122. The summed E-state index contributed by atoms with van der Waals surface area (Å²) in [7, 11) is 0. The molecular formula is C27H25N7O2. The Kier molecular flexibility index (Phi) is 5.74. The zero-order chi connectivity index (χ0) is 24.5. The SMILES string of the molecule is Cc1cccc(-c2cc(O)n(-c3nc(N4CCOCC4)c4ncc(Cc5cccnc5)cc4n3)n2)c1. The fourth-order valence-electron chi connectivity index (χ4n) is 4.42. The van der Waals surface area contributed by atoms with Crippen molar-refractivity contribution in [1.29, 1.82) is 0 Å². The molecule has 36 heavy (non-hydrogen) atoms. The summed E-state index contributed by atoms with van der Waals surface area (Å²) in [6.07, 6.45) is 6.16. The molecule has 5 heterocycles. The second-order valence-corrected chi connectivity index (χ2v) is 8.87. The molecule has 0 amide bonds. The number of hydrogen-bond donors (Lipinski definition) is 1. The van der Waals surface area contributed by atoms with Crippen LogP contribution in [0.4, 0.5) is 5.82 Å². The topological polar surface area (TPSA) is 102 Å². The van der Waals surface area contributed by atoms with Gasteiger partial charge in [-0.05, 0) is 36.2 Å². The van der Waals surface area contributed by atoms with Crippen molar-refractivity contribution in [2.45, 2.75) is 13.3 Å². The van der Waals surface area contributed by atoms with Gasteiger partial charge in [0.25, 0.3) is 5.95 Å². The van der Waals surface area contributed by atoms with Crippen LogP contribution in [0.2, 0.25) is 0 Å². The molecule has 0 unspecified atom stereocenters. The summed E-state index contributed by atoms with van der Waals surface area (Å²) in [5.74, 6) is 0.970. The highest BCUT2D eigenvalue weighted by Gasteiger charge is 2.21. The Hall–Kier alpha value is -4.37. The summed E-state index contributed by atoms with van der Waals surface area (Å²) in [6, 6.07) is 15.6. The zero-order valence-electron chi connectivity index (χ0n) is 19.9. The van der Waals surface area contributed by atoms with Crippen LogP contribution in [0.3, 0.4) is 0 Å². The minimum Gasteiger partial charge on any atom is -0.493 e. The van der Waals surface area contributed by atoms with Crippen molar-refractivity contribution in [2.24, 2.45) is 0 Å². The average Bonchev–Trinajstić information content (AvgIpc) is 3.30. The zero-order valence-corrected chi connectivity index (χ0v) is 19.9. The monoisotopic (exact) mass is 479 g/mol. The van der Waals surface area contributed by atoms with Gasteiger partial charge in [-0.1, -0.05) is 29.8 Å². The molecule has 9 nitrogen and oxygen atoms in total. The highest BCUT2D eigenvalue weighted by Crippen LogP contribution is 2.29. The van der Waals surface area contributed by atoms with Gasteiger partial charge in [-0.15, -0.1) is 0 Å².